The maximum Gasteiger partial charge on any atom is 0.257 e. The molecule has 2 bridgehead atoms. The molecule has 34 heavy (non-hydrogen) atoms. The van der Waals surface area contributed by atoms with Gasteiger partial charge in [0.15, 0.2) is 5.65 Å². The van der Waals surface area contributed by atoms with Crippen LogP contribution in [0.25, 0.3) is 16.8 Å². The van der Waals surface area contributed by atoms with E-state index in [0.29, 0.717) is 39.9 Å². The summed E-state index contributed by atoms with van der Waals surface area (Å²) in [6.45, 7) is 0.199. The van der Waals surface area contributed by atoms with Gasteiger partial charge in [-0.2, -0.15) is 9.61 Å². The Balaban J connectivity index is 1.55. The number of rotatable bonds is 1. The monoisotopic (exact) mass is 459 g/mol. The number of fused-ring (bicyclic) bond motifs is 3. The Labute approximate surface area is 194 Å². The highest BCUT2D eigenvalue weighted by Crippen LogP contribution is 2.35. The summed E-state index contributed by atoms with van der Waals surface area (Å²) in [7, 11) is 0. The molecule has 1 amide bonds. The first-order valence-corrected chi connectivity index (χ1v) is 11.2. The third kappa shape index (κ3) is 3.38. The first kappa shape index (κ1) is 20.4. The highest BCUT2D eigenvalue weighted by molar-refractivity contribution is 6.01. The summed E-state index contributed by atoms with van der Waals surface area (Å²) in [5, 5.41) is 10.7. The Bertz CT molecular complexity index is 1410. The second kappa shape index (κ2) is 7.98. The van der Waals surface area contributed by atoms with Crippen molar-refractivity contribution in [3.63, 3.8) is 0 Å². The lowest BCUT2D eigenvalue weighted by molar-refractivity contribution is 0.0891. The van der Waals surface area contributed by atoms with Gasteiger partial charge in [-0.1, -0.05) is 30.3 Å². The minimum absolute atomic E-state index is 0.199. The number of carbonyl (C=O) groups is 1. The normalized spacial score (nSPS) is 19.7. The van der Waals surface area contributed by atoms with Crippen LogP contribution in [0.2, 0.25) is 0 Å². The third-order valence-corrected chi connectivity index (χ3v) is 6.36. The molecule has 9 nitrogen and oxygen atoms in total. The van der Waals surface area contributed by atoms with E-state index in [2.05, 4.69) is 20.7 Å². The van der Waals surface area contributed by atoms with E-state index in [1.165, 1.54) is 16.8 Å². The summed E-state index contributed by atoms with van der Waals surface area (Å²) < 4.78 is 21.8. The van der Waals surface area contributed by atoms with Gasteiger partial charge >= 0.3 is 0 Å². The molecule has 1 fully saturated rings. The molecule has 1 aliphatic carbocycles. The minimum Gasteiger partial charge on any atom is -0.472 e. The average Bonchev–Trinajstić information content (AvgIpc) is 3.46. The van der Waals surface area contributed by atoms with Crippen molar-refractivity contribution in [2.24, 2.45) is 0 Å². The molecule has 1 saturated carbocycles. The van der Waals surface area contributed by atoms with E-state index in [9.17, 15) is 9.18 Å². The van der Waals surface area contributed by atoms with Gasteiger partial charge in [0.2, 0.25) is 5.88 Å². The van der Waals surface area contributed by atoms with Gasteiger partial charge in [0.05, 0.1) is 24.0 Å². The number of pyridine rings is 1. The number of ether oxygens (including phenoxy) is 1. The van der Waals surface area contributed by atoms with Crippen molar-refractivity contribution >= 4 is 23.2 Å². The first-order valence-electron chi connectivity index (χ1n) is 11.2. The molecule has 2 aliphatic rings. The summed E-state index contributed by atoms with van der Waals surface area (Å²) >= 11 is 0. The minimum atomic E-state index is -0.464. The van der Waals surface area contributed by atoms with Gasteiger partial charge in [-0.3, -0.25) is 4.79 Å². The van der Waals surface area contributed by atoms with E-state index in [1.54, 1.807) is 0 Å². The Kier molecular flexibility index (Phi) is 4.79. The molecule has 2 atom stereocenters. The van der Waals surface area contributed by atoms with Crippen LogP contribution in [0.15, 0.2) is 48.8 Å². The molecule has 1 aliphatic heterocycles. The van der Waals surface area contributed by atoms with Gasteiger partial charge in [-0.25, -0.2) is 14.4 Å². The number of anilines is 2. The van der Waals surface area contributed by atoms with E-state index in [4.69, 9.17) is 15.5 Å². The maximum absolute atomic E-state index is 14.1. The van der Waals surface area contributed by atoms with Crippen molar-refractivity contribution < 1.29 is 13.9 Å². The van der Waals surface area contributed by atoms with Crippen molar-refractivity contribution in [3.05, 3.63) is 65.7 Å². The molecule has 2 unspecified atom stereocenters. The van der Waals surface area contributed by atoms with E-state index in [1.807, 2.05) is 30.3 Å². The largest absolute Gasteiger partial charge is 0.472 e. The van der Waals surface area contributed by atoms with Crippen molar-refractivity contribution in [2.45, 2.75) is 38.0 Å². The fourth-order valence-corrected chi connectivity index (χ4v) is 4.69. The van der Waals surface area contributed by atoms with E-state index in [0.717, 1.165) is 31.0 Å². The molecule has 0 saturated heterocycles. The highest BCUT2D eigenvalue weighted by atomic mass is 19.1. The lowest BCUT2D eigenvalue weighted by atomic mass is 10.1. The molecule has 10 heteroatoms. The van der Waals surface area contributed by atoms with Crippen LogP contribution in [-0.2, 0) is 6.54 Å². The molecular weight excluding hydrogens is 437 g/mol. The Morgan fingerprint density at radius 1 is 1.18 bits per heavy atom. The number of nitrogens with one attached hydrogen (secondary N) is 2. The number of hydrogen-bond acceptors (Lipinski definition) is 7. The van der Waals surface area contributed by atoms with Crippen molar-refractivity contribution in [2.75, 3.05) is 11.1 Å². The van der Waals surface area contributed by atoms with Crippen molar-refractivity contribution in [1.82, 2.24) is 24.9 Å². The number of aromatic nitrogens is 4. The fraction of sp³-hybridized carbons (Fsp3) is 0.250. The predicted octanol–water partition coefficient (Wildman–Crippen LogP) is 3.17. The third-order valence-electron chi connectivity index (χ3n) is 6.36. The quantitative estimate of drug-likeness (QED) is 0.400. The van der Waals surface area contributed by atoms with E-state index >= 15 is 0 Å². The van der Waals surface area contributed by atoms with Crippen LogP contribution >= 0.6 is 0 Å². The predicted molar refractivity (Wildman–Crippen MR) is 124 cm³/mol. The molecule has 1 aromatic carbocycles. The molecule has 4 N–H and O–H groups in total. The van der Waals surface area contributed by atoms with Gasteiger partial charge in [-0.05, 0) is 30.9 Å². The summed E-state index contributed by atoms with van der Waals surface area (Å²) in [5.74, 6) is 0.347. The zero-order valence-electron chi connectivity index (χ0n) is 18.2. The molecule has 0 spiro atoms. The maximum atomic E-state index is 14.1. The summed E-state index contributed by atoms with van der Waals surface area (Å²) in [5.41, 5.74) is 9.21. The summed E-state index contributed by atoms with van der Waals surface area (Å²) in [6.07, 6.45) is 4.77. The number of carbonyl (C=O) groups excluding carboxylic acids is 1. The summed E-state index contributed by atoms with van der Waals surface area (Å²) in [4.78, 5) is 22.1. The second-order valence-corrected chi connectivity index (χ2v) is 8.52. The average molecular weight is 459 g/mol. The van der Waals surface area contributed by atoms with Crippen molar-refractivity contribution in [1.29, 1.82) is 0 Å². The van der Waals surface area contributed by atoms with Crippen LogP contribution in [0.4, 0.5) is 16.0 Å². The number of benzene rings is 1. The fourth-order valence-electron chi connectivity index (χ4n) is 4.69. The zero-order valence-corrected chi connectivity index (χ0v) is 18.2. The van der Waals surface area contributed by atoms with Gasteiger partial charge in [-0.15, -0.1) is 0 Å². The number of hydrogen-bond donors (Lipinski definition) is 3. The van der Waals surface area contributed by atoms with Crippen LogP contribution < -0.4 is 21.1 Å². The van der Waals surface area contributed by atoms with Crippen LogP contribution in [0, 0.1) is 5.82 Å². The molecule has 0 radical (unpaired) electrons. The Morgan fingerprint density at radius 3 is 2.88 bits per heavy atom. The van der Waals surface area contributed by atoms with Crippen LogP contribution in [0.3, 0.4) is 0 Å². The van der Waals surface area contributed by atoms with Crippen molar-refractivity contribution in [3.8, 4) is 17.0 Å². The van der Waals surface area contributed by atoms with Gasteiger partial charge in [0, 0.05) is 12.1 Å². The Hall–Kier alpha value is -4.21. The lowest BCUT2D eigenvalue weighted by Gasteiger charge is -2.22. The van der Waals surface area contributed by atoms with Crippen LogP contribution in [-0.4, -0.2) is 37.6 Å². The molecule has 3 aromatic heterocycles. The van der Waals surface area contributed by atoms with E-state index < -0.39 is 5.82 Å². The topological polar surface area (TPSA) is 119 Å². The SMILES string of the molecule is Nc1c(-c2ccccc2)c2nc3c(cnn13)C(=O)NC1CCCC1Oc1ncc(F)cc1CN2. The van der Waals surface area contributed by atoms with Gasteiger partial charge in [0.25, 0.3) is 5.91 Å². The standard InChI is InChI=1S/C24H22FN7O2/c25-15-9-14-10-27-21-19(13-5-2-1-3-6-13)20(26)32-22(31-21)16(12-29-32)23(33)30-17-7-4-8-18(17)34-24(14)28-11-15/h1-3,5-6,9,11-12,17-18H,4,7-8,10,26H2,(H,27,31)(H,30,33). The van der Waals surface area contributed by atoms with Gasteiger partial charge in [0.1, 0.15) is 29.1 Å². The Morgan fingerprint density at radius 2 is 2.03 bits per heavy atom. The highest BCUT2D eigenvalue weighted by Gasteiger charge is 2.33. The number of halogens is 1. The molecule has 4 heterocycles. The second-order valence-electron chi connectivity index (χ2n) is 8.52. The first-order chi connectivity index (χ1) is 16.6. The molecule has 6 rings (SSSR count). The molecule has 172 valence electrons. The smallest absolute Gasteiger partial charge is 0.257 e. The number of amides is 1. The van der Waals surface area contributed by atoms with Crippen LogP contribution in [0.1, 0.15) is 35.2 Å². The molecular formula is C24H22FN7O2. The number of nitrogen functional groups attached to an aromatic ring is 1. The zero-order chi connectivity index (χ0) is 23.2. The summed E-state index contributed by atoms with van der Waals surface area (Å²) in [6, 6.07) is 10.7. The number of nitrogens with zero attached hydrogens (tertiary/aromatic N) is 4. The lowest BCUT2D eigenvalue weighted by Crippen LogP contribution is -2.42. The number of nitrogens with two attached hydrogens (primary N) is 1. The molecule has 4 aromatic rings. The van der Waals surface area contributed by atoms with E-state index in [-0.39, 0.29) is 24.6 Å². The van der Waals surface area contributed by atoms with Gasteiger partial charge < -0.3 is 21.1 Å². The van der Waals surface area contributed by atoms with Crippen LogP contribution in [0.5, 0.6) is 5.88 Å².